The molecule has 1 amide bonds. The Bertz CT molecular complexity index is 935. The topological polar surface area (TPSA) is 110 Å². The molecule has 0 aromatic heterocycles. The van der Waals surface area contributed by atoms with Crippen molar-refractivity contribution in [1.29, 1.82) is 0 Å². The van der Waals surface area contributed by atoms with E-state index in [0.717, 1.165) is 11.8 Å². The third-order valence-electron chi connectivity index (χ3n) is 3.83. The van der Waals surface area contributed by atoms with Crippen LogP contribution in [0.1, 0.15) is 28.8 Å². The first-order chi connectivity index (χ1) is 12.7. The summed E-state index contributed by atoms with van der Waals surface area (Å²) >= 11 is 0. The highest BCUT2D eigenvalue weighted by Gasteiger charge is 2.10. The van der Waals surface area contributed by atoms with Gasteiger partial charge in [-0.05, 0) is 55.3 Å². The van der Waals surface area contributed by atoms with Gasteiger partial charge < -0.3 is 15.2 Å². The number of amides is 1. The lowest BCUT2D eigenvalue weighted by Crippen LogP contribution is -2.14. The van der Waals surface area contributed by atoms with Gasteiger partial charge in [0.1, 0.15) is 5.75 Å². The summed E-state index contributed by atoms with van der Waals surface area (Å²) in [6.07, 6.45) is 1.80. The van der Waals surface area contributed by atoms with E-state index in [0.29, 0.717) is 24.5 Å². The summed E-state index contributed by atoms with van der Waals surface area (Å²) in [5.74, 6) is -0.773. The first-order valence-electron chi connectivity index (χ1n) is 8.23. The van der Waals surface area contributed by atoms with Crippen molar-refractivity contribution in [3.05, 3.63) is 53.6 Å². The molecule has 2 aromatic rings. The summed E-state index contributed by atoms with van der Waals surface area (Å²) in [5, 5.41) is 11.7. The fraction of sp³-hybridized carbons (Fsp3) is 0.263. The Hall–Kier alpha value is -2.87. The van der Waals surface area contributed by atoms with Gasteiger partial charge >= 0.3 is 5.97 Å². The van der Waals surface area contributed by atoms with Crippen LogP contribution in [0, 0.1) is 6.92 Å². The lowest BCUT2D eigenvalue weighted by atomic mass is 10.1. The molecule has 2 aromatic carbocycles. The lowest BCUT2D eigenvalue weighted by Gasteiger charge is -2.10. The van der Waals surface area contributed by atoms with Crippen molar-refractivity contribution in [2.75, 3.05) is 18.2 Å². The van der Waals surface area contributed by atoms with E-state index in [1.807, 2.05) is 0 Å². The molecule has 0 radical (unpaired) electrons. The van der Waals surface area contributed by atoms with Crippen LogP contribution in [-0.4, -0.2) is 38.3 Å². The van der Waals surface area contributed by atoms with Crippen molar-refractivity contribution in [3.8, 4) is 5.75 Å². The molecule has 0 saturated carbocycles. The summed E-state index contributed by atoms with van der Waals surface area (Å²) in [6, 6.07) is 10.6. The van der Waals surface area contributed by atoms with Gasteiger partial charge in [0, 0.05) is 18.4 Å². The number of carboxylic acid groups (broad SMARTS) is 1. The van der Waals surface area contributed by atoms with Crippen LogP contribution in [0.3, 0.4) is 0 Å². The zero-order valence-electron chi connectivity index (χ0n) is 15.1. The van der Waals surface area contributed by atoms with Crippen LogP contribution in [0.15, 0.2) is 47.4 Å². The summed E-state index contributed by atoms with van der Waals surface area (Å²) in [5.41, 5.74) is 1.35. The fourth-order valence-electron chi connectivity index (χ4n) is 2.31. The number of benzene rings is 2. The molecule has 0 bridgehead atoms. The first-order valence-corrected chi connectivity index (χ1v) is 10.1. The van der Waals surface area contributed by atoms with E-state index in [4.69, 9.17) is 9.84 Å². The first kappa shape index (κ1) is 20.4. The maximum absolute atomic E-state index is 12.0. The molecule has 0 aliphatic rings. The molecular weight excluding hydrogens is 370 g/mol. The predicted octanol–water partition coefficient (Wildman–Crippen LogP) is 2.89. The number of aromatic carboxylic acids is 1. The van der Waals surface area contributed by atoms with Gasteiger partial charge in [0.15, 0.2) is 9.84 Å². The molecule has 0 heterocycles. The number of carboxylic acids is 1. The summed E-state index contributed by atoms with van der Waals surface area (Å²) in [7, 11) is -3.24. The van der Waals surface area contributed by atoms with Crippen LogP contribution < -0.4 is 10.1 Å². The molecule has 0 aliphatic carbocycles. The molecule has 0 aliphatic heterocycles. The highest BCUT2D eigenvalue weighted by atomic mass is 32.2. The van der Waals surface area contributed by atoms with E-state index in [1.165, 1.54) is 24.3 Å². The third-order valence-corrected chi connectivity index (χ3v) is 4.96. The van der Waals surface area contributed by atoms with Gasteiger partial charge in [0.05, 0.1) is 17.1 Å². The number of ether oxygens (including phenoxy) is 1. The van der Waals surface area contributed by atoms with Crippen molar-refractivity contribution in [2.24, 2.45) is 0 Å². The number of carbonyl (C=O) groups excluding carboxylic acids is 1. The molecule has 8 heteroatoms. The second-order valence-corrected chi connectivity index (χ2v) is 8.09. The minimum absolute atomic E-state index is 0.108. The Labute approximate surface area is 157 Å². The van der Waals surface area contributed by atoms with Gasteiger partial charge in [0.2, 0.25) is 5.91 Å². The Kier molecular flexibility index (Phi) is 6.57. The van der Waals surface area contributed by atoms with Gasteiger partial charge in [-0.1, -0.05) is 6.07 Å². The van der Waals surface area contributed by atoms with Crippen LogP contribution >= 0.6 is 0 Å². The van der Waals surface area contributed by atoms with Gasteiger partial charge in [-0.3, -0.25) is 4.79 Å². The minimum Gasteiger partial charge on any atom is -0.494 e. The second kappa shape index (κ2) is 8.68. The number of sulfone groups is 1. The minimum atomic E-state index is -3.24. The molecule has 2 rings (SSSR count). The molecule has 0 atom stereocenters. The van der Waals surface area contributed by atoms with Gasteiger partial charge in [-0.2, -0.15) is 0 Å². The fourth-order valence-corrected chi connectivity index (χ4v) is 2.94. The Balaban J connectivity index is 1.81. The van der Waals surface area contributed by atoms with Crippen molar-refractivity contribution in [1.82, 2.24) is 0 Å². The van der Waals surface area contributed by atoms with E-state index in [-0.39, 0.29) is 22.8 Å². The van der Waals surface area contributed by atoms with Crippen LogP contribution in [0.4, 0.5) is 5.69 Å². The molecule has 2 N–H and O–H groups in total. The molecule has 0 unspecified atom stereocenters. The van der Waals surface area contributed by atoms with E-state index in [2.05, 4.69) is 5.32 Å². The van der Waals surface area contributed by atoms with Crippen LogP contribution in [0.5, 0.6) is 5.75 Å². The SMILES string of the molecule is Cc1ccc(C(=O)O)cc1NC(=O)CCCOc1ccc(S(C)(=O)=O)cc1. The molecule has 144 valence electrons. The van der Waals surface area contributed by atoms with Gasteiger partial charge in [0.25, 0.3) is 0 Å². The average Bonchev–Trinajstić information content (AvgIpc) is 2.60. The number of hydrogen-bond donors (Lipinski definition) is 2. The number of aryl methyl sites for hydroxylation is 1. The third kappa shape index (κ3) is 6.10. The lowest BCUT2D eigenvalue weighted by molar-refractivity contribution is -0.116. The Morgan fingerprint density at radius 1 is 1.11 bits per heavy atom. The maximum atomic E-state index is 12.0. The standard InChI is InChI=1S/C19H21NO6S/c1-13-5-6-14(19(22)23)12-17(13)20-18(21)4-3-11-26-15-7-9-16(10-8-15)27(2,24)25/h5-10,12H,3-4,11H2,1-2H3,(H,20,21)(H,22,23). The normalized spacial score (nSPS) is 11.0. The number of rotatable bonds is 8. The van der Waals surface area contributed by atoms with Crippen LogP contribution in [-0.2, 0) is 14.6 Å². The zero-order chi connectivity index (χ0) is 20.0. The molecule has 27 heavy (non-hydrogen) atoms. The second-order valence-electron chi connectivity index (χ2n) is 6.08. The van der Waals surface area contributed by atoms with Gasteiger partial charge in [-0.15, -0.1) is 0 Å². The highest BCUT2D eigenvalue weighted by molar-refractivity contribution is 7.90. The number of nitrogens with one attached hydrogen (secondary N) is 1. The molecule has 0 fully saturated rings. The summed E-state index contributed by atoms with van der Waals surface area (Å²) in [6.45, 7) is 2.07. The number of carbonyl (C=O) groups is 2. The van der Waals surface area contributed by atoms with Crippen LogP contribution in [0.2, 0.25) is 0 Å². The summed E-state index contributed by atoms with van der Waals surface area (Å²) < 4.78 is 28.3. The zero-order valence-corrected chi connectivity index (χ0v) is 15.9. The smallest absolute Gasteiger partial charge is 0.335 e. The quantitative estimate of drug-likeness (QED) is 0.670. The monoisotopic (exact) mass is 391 g/mol. The van der Waals surface area contributed by atoms with Crippen molar-refractivity contribution >= 4 is 27.4 Å². The molecule has 7 nitrogen and oxygen atoms in total. The average molecular weight is 391 g/mol. The van der Waals surface area contributed by atoms with E-state index in [1.54, 1.807) is 25.1 Å². The van der Waals surface area contributed by atoms with Crippen molar-refractivity contribution < 1.29 is 27.9 Å². The van der Waals surface area contributed by atoms with E-state index >= 15 is 0 Å². The molecule has 0 spiro atoms. The molecular formula is C19H21NO6S. The Morgan fingerprint density at radius 2 is 1.78 bits per heavy atom. The molecule has 0 saturated heterocycles. The maximum Gasteiger partial charge on any atom is 0.335 e. The van der Waals surface area contributed by atoms with Crippen molar-refractivity contribution in [3.63, 3.8) is 0 Å². The number of hydrogen-bond acceptors (Lipinski definition) is 5. The van der Waals surface area contributed by atoms with E-state index < -0.39 is 15.8 Å². The Morgan fingerprint density at radius 3 is 2.37 bits per heavy atom. The van der Waals surface area contributed by atoms with Crippen molar-refractivity contribution in [2.45, 2.75) is 24.7 Å². The number of anilines is 1. The predicted molar refractivity (Wildman–Crippen MR) is 101 cm³/mol. The van der Waals surface area contributed by atoms with Crippen LogP contribution in [0.25, 0.3) is 0 Å². The summed E-state index contributed by atoms with van der Waals surface area (Å²) in [4.78, 5) is 23.3. The highest BCUT2D eigenvalue weighted by Crippen LogP contribution is 2.18. The van der Waals surface area contributed by atoms with E-state index in [9.17, 15) is 18.0 Å². The van der Waals surface area contributed by atoms with Gasteiger partial charge in [-0.25, -0.2) is 13.2 Å². The largest absolute Gasteiger partial charge is 0.494 e.